The summed E-state index contributed by atoms with van der Waals surface area (Å²) in [5, 5.41) is 6.46. The Morgan fingerprint density at radius 3 is 2.71 bits per heavy atom. The maximum absolute atomic E-state index is 12.3. The lowest BCUT2D eigenvalue weighted by Gasteiger charge is -2.32. The maximum Gasteiger partial charge on any atom is 0.261 e. The first-order valence-electron chi connectivity index (χ1n) is 8.97. The average Bonchev–Trinajstić information content (AvgIpc) is 3.25. The van der Waals surface area contributed by atoms with Gasteiger partial charge in [-0.3, -0.25) is 9.59 Å². The summed E-state index contributed by atoms with van der Waals surface area (Å²) in [7, 11) is 0. The molecule has 6 heteroatoms. The van der Waals surface area contributed by atoms with Crippen LogP contribution in [-0.4, -0.2) is 48.9 Å². The molecule has 1 atom stereocenters. The van der Waals surface area contributed by atoms with E-state index >= 15 is 0 Å². The fraction of sp³-hybridized carbons (Fsp3) is 0.667. The van der Waals surface area contributed by atoms with Crippen LogP contribution in [0, 0.1) is 12.8 Å². The molecule has 3 rings (SSSR count). The number of hydrogen-bond donors (Lipinski definition) is 2. The Kier molecular flexibility index (Phi) is 5.89. The molecule has 3 heterocycles. The van der Waals surface area contributed by atoms with Crippen LogP contribution in [0.5, 0.6) is 0 Å². The highest BCUT2D eigenvalue weighted by Gasteiger charge is 2.25. The minimum absolute atomic E-state index is 0.0200. The van der Waals surface area contributed by atoms with Gasteiger partial charge in [0.2, 0.25) is 5.91 Å². The highest BCUT2D eigenvalue weighted by atomic mass is 32.1. The number of carbonyl (C=O) groups excluding carboxylic acids is 2. The van der Waals surface area contributed by atoms with Crippen molar-refractivity contribution in [3.63, 3.8) is 0 Å². The van der Waals surface area contributed by atoms with Crippen LogP contribution in [0.25, 0.3) is 0 Å². The number of carbonyl (C=O) groups is 2. The first-order chi connectivity index (χ1) is 11.6. The highest BCUT2D eigenvalue weighted by molar-refractivity contribution is 7.13. The number of hydrogen-bond acceptors (Lipinski definition) is 4. The second kappa shape index (κ2) is 8.12. The molecule has 0 saturated carbocycles. The van der Waals surface area contributed by atoms with Crippen LogP contribution in [0.15, 0.2) is 12.1 Å². The van der Waals surface area contributed by atoms with Crippen molar-refractivity contribution in [1.82, 2.24) is 15.5 Å². The first kappa shape index (κ1) is 17.4. The lowest BCUT2D eigenvalue weighted by atomic mass is 10.0. The Hall–Kier alpha value is -1.40. The van der Waals surface area contributed by atoms with Gasteiger partial charge >= 0.3 is 0 Å². The Balaban J connectivity index is 1.38. The zero-order valence-corrected chi connectivity index (χ0v) is 15.2. The molecule has 2 fully saturated rings. The normalized spacial score (nSPS) is 21.9. The second-order valence-corrected chi connectivity index (χ2v) is 8.22. The van der Waals surface area contributed by atoms with Gasteiger partial charge in [-0.15, -0.1) is 11.3 Å². The minimum atomic E-state index is 0.0200. The molecule has 2 aliphatic rings. The van der Waals surface area contributed by atoms with Gasteiger partial charge in [-0.1, -0.05) is 0 Å². The van der Waals surface area contributed by atoms with Gasteiger partial charge in [0.25, 0.3) is 5.91 Å². The monoisotopic (exact) mass is 349 g/mol. The predicted molar refractivity (Wildman–Crippen MR) is 96.3 cm³/mol. The van der Waals surface area contributed by atoms with Crippen molar-refractivity contribution in [3.8, 4) is 0 Å². The molecule has 0 aromatic carbocycles. The molecule has 2 amide bonds. The number of piperidine rings is 1. The van der Waals surface area contributed by atoms with Crippen molar-refractivity contribution in [2.75, 3.05) is 26.2 Å². The number of thiophene rings is 1. The van der Waals surface area contributed by atoms with E-state index in [2.05, 4.69) is 10.6 Å². The Bertz CT molecular complexity index is 573. The third kappa shape index (κ3) is 4.57. The van der Waals surface area contributed by atoms with Crippen LogP contribution < -0.4 is 10.6 Å². The summed E-state index contributed by atoms with van der Waals surface area (Å²) in [5.41, 5.74) is 0. The van der Waals surface area contributed by atoms with E-state index in [4.69, 9.17) is 0 Å². The van der Waals surface area contributed by atoms with Crippen LogP contribution in [0.3, 0.4) is 0 Å². The minimum Gasteiger partial charge on any atom is -0.348 e. The molecule has 132 valence electrons. The van der Waals surface area contributed by atoms with Crippen LogP contribution in [0.2, 0.25) is 0 Å². The van der Waals surface area contributed by atoms with E-state index in [1.165, 1.54) is 17.8 Å². The number of amides is 2. The molecule has 5 nitrogen and oxygen atoms in total. The van der Waals surface area contributed by atoms with Gasteiger partial charge in [0, 0.05) is 30.4 Å². The van der Waals surface area contributed by atoms with Crippen molar-refractivity contribution in [2.24, 2.45) is 5.92 Å². The smallest absolute Gasteiger partial charge is 0.261 e. The summed E-state index contributed by atoms with van der Waals surface area (Å²) in [6, 6.07) is 4.04. The topological polar surface area (TPSA) is 61.4 Å². The molecule has 2 aliphatic heterocycles. The second-order valence-electron chi connectivity index (χ2n) is 6.94. The molecule has 0 spiro atoms. The molecular weight excluding hydrogens is 322 g/mol. The molecule has 24 heavy (non-hydrogen) atoms. The van der Waals surface area contributed by atoms with E-state index in [1.807, 2.05) is 24.0 Å². The third-order valence-electron chi connectivity index (χ3n) is 5.08. The van der Waals surface area contributed by atoms with Crippen molar-refractivity contribution >= 4 is 23.2 Å². The van der Waals surface area contributed by atoms with E-state index in [1.54, 1.807) is 0 Å². The van der Waals surface area contributed by atoms with Gasteiger partial charge in [0.15, 0.2) is 0 Å². The summed E-state index contributed by atoms with van der Waals surface area (Å²) in [5.74, 6) is 0.965. The van der Waals surface area contributed by atoms with E-state index < -0.39 is 0 Å². The SMILES string of the molecule is Cc1ccc(C(=O)NC2CCN(C(=O)CCC3CCNC3)CC2)s1. The molecule has 2 saturated heterocycles. The van der Waals surface area contributed by atoms with Gasteiger partial charge in [0.05, 0.1) is 4.88 Å². The van der Waals surface area contributed by atoms with Gasteiger partial charge in [0.1, 0.15) is 0 Å². The first-order valence-corrected chi connectivity index (χ1v) is 9.79. The van der Waals surface area contributed by atoms with Crippen LogP contribution in [0.1, 0.15) is 46.7 Å². The van der Waals surface area contributed by atoms with Crippen molar-refractivity contribution < 1.29 is 9.59 Å². The number of rotatable bonds is 5. The number of nitrogens with zero attached hydrogens (tertiary/aromatic N) is 1. The zero-order chi connectivity index (χ0) is 16.9. The number of likely N-dealkylation sites (tertiary alicyclic amines) is 1. The highest BCUT2D eigenvalue weighted by Crippen LogP contribution is 2.19. The van der Waals surface area contributed by atoms with Crippen molar-refractivity contribution in [1.29, 1.82) is 0 Å². The van der Waals surface area contributed by atoms with E-state index in [9.17, 15) is 9.59 Å². The fourth-order valence-corrected chi connectivity index (χ4v) is 4.30. The summed E-state index contributed by atoms with van der Waals surface area (Å²) in [6.07, 6.45) is 4.57. The standard InChI is InChI=1S/C18H27N3O2S/c1-13-2-4-16(24-13)18(23)20-15-7-10-21(11-8-15)17(22)5-3-14-6-9-19-12-14/h2,4,14-15,19H,3,5-12H2,1H3,(H,20,23). The van der Waals surface area contributed by atoms with Crippen LogP contribution in [0.4, 0.5) is 0 Å². The molecule has 0 bridgehead atoms. The van der Waals surface area contributed by atoms with Crippen LogP contribution >= 0.6 is 11.3 Å². The zero-order valence-electron chi connectivity index (χ0n) is 14.3. The third-order valence-corrected chi connectivity index (χ3v) is 6.08. The predicted octanol–water partition coefficient (Wildman–Crippen LogP) is 2.17. The molecule has 0 aliphatic carbocycles. The summed E-state index contributed by atoms with van der Waals surface area (Å²) >= 11 is 1.53. The Morgan fingerprint density at radius 2 is 2.08 bits per heavy atom. The van der Waals surface area contributed by atoms with Crippen molar-refractivity contribution in [3.05, 3.63) is 21.9 Å². The fourth-order valence-electron chi connectivity index (χ4n) is 3.53. The summed E-state index contributed by atoms with van der Waals surface area (Å²) in [6.45, 7) is 5.68. The summed E-state index contributed by atoms with van der Waals surface area (Å²) in [4.78, 5) is 28.4. The van der Waals surface area contributed by atoms with E-state index in [-0.39, 0.29) is 17.9 Å². The quantitative estimate of drug-likeness (QED) is 0.856. The lowest BCUT2D eigenvalue weighted by molar-refractivity contribution is -0.132. The largest absolute Gasteiger partial charge is 0.348 e. The molecule has 2 N–H and O–H groups in total. The Morgan fingerprint density at radius 1 is 1.29 bits per heavy atom. The van der Waals surface area contributed by atoms with E-state index in [0.717, 1.165) is 55.2 Å². The molecule has 1 aromatic rings. The molecule has 1 aromatic heterocycles. The Labute approximate surface area is 147 Å². The van der Waals surface area contributed by atoms with Crippen molar-refractivity contribution in [2.45, 2.75) is 45.1 Å². The number of nitrogens with one attached hydrogen (secondary N) is 2. The maximum atomic E-state index is 12.3. The van der Waals surface area contributed by atoms with Gasteiger partial charge in [-0.2, -0.15) is 0 Å². The van der Waals surface area contributed by atoms with Crippen LogP contribution in [-0.2, 0) is 4.79 Å². The van der Waals surface area contributed by atoms with Gasteiger partial charge < -0.3 is 15.5 Å². The number of aryl methyl sites for hydroxylation is 1. The van der Waals surface area contributed by atoms with Gasteiger partial charge in [-0.05, 0) is 63.7 Å². The van der Waals surface area contributed by atoms with Gasteiger partial charge in [-0.25, -0.2) is 0 Å². The molecule has 1 unspecified atom stereocenters. The molecular formula is C18H27N3O2S. The van der Waals surface area contributed by atoms with E-state index in [0.29, 0.717) is 12.3 Å². The summed E-state index contributed by atoms with van der Waals surface area (Å²) < 4.78 is 0. The average molecular weight is 350 g/mol. The molecule has 0 radical (unpaired) electrons. The lowest BCUT2D eigenvalue weighted by Crippen LogP contribution is -2.46.